The maximum Gasteiger partial charge on any atom is 0.416 e. The molecule has 6 amide bonds. The molecule has 2 heterocycles. The average Bonchev–Trinajstić information content (AvgIpc) is 0.774. The van der Waals surface area contributed by atoms with Crippen LogP contribution in [0.4, 0.5) is 35.9 Å². The first-order valence-electron chi connectivity index (χ1n) is 29.8. The summed E-state index contributed by atoms with van der Waals surface area (Å²) in [6, 6.07) is 24.8. The number of pyridine rings is 2. The Morgan fingerprint density at radius 3 is 1.05 bits per heavy atom. The van der Waals surface area contributed by atoms with Gasteiger partial charge in [-0.25, -0.2) is 18.0 Å². The summed E-state index contributed by atoms with van der Waals surface area (Å²) in [6.45, 7) is 5.78. The fourth-order valence-electron chi connectivity index (χ4n) is 8.89. The predicted octanol–water partition coefficient (Wildman–Crippen LogP) is 6.36. The molecule has 0 saturated carbocycles. The summed E-state index contributed by atoms with van der Waals surface area (Å²) in [5, 5.41) is 34.2. The molecule has 0 spiro atoms. The first-order valence-corrected chi connectivity index (χ1v) is 32.1. The first-order chi connectivity index (χ1) is 46.0. The minimum Gasteiger partial charge on any atom is -0.377 e. The van der Waals surface area contributed by atoms with Crippen LogP contribution in [-0.2, 0) is 62.4 Å². The largest absolute Gasteiger partial charge is 0.416 e. The summed E-state index contributed by atoms with van der Waals surface area (Å²) in [7, 11) is -4.03. The fraction of sp³-hybridized carbons (Fsp3) is 0.375. The van der Waals surface area contributed by atoms with Crippen molar-refractivity contribution in [3.05, 3.63) is 175 Å². The number of amides is 6. The maximum atomic E-state index is 13.8. The summed E-state index contributed by atoms with van der Waals surface area (Å²) >= 11 is 0. The van der Waals surface area contributed by atoms with Crippen molar-refractivity contribution in [2.45, 2.75) is 58.6 Å². The van der Waals surface area contributed by atoms with E-state index >= 15 is 0 Å². The third-order valence-corrected chi connectivity index (χ3v) is 16.8. The zero-order chi connectivity index (χ0) is 69.6. The van der Waals surface area contributed by atoms with Gasteiger partial charge in [0.25, 0.3) is 22.9 Å². The lowest BCUT2D eigenvalue weighted by Gasteiger charge is -2.18. The number of hydrogen-bond donors (Lipinski definition) is 6. The highest BCUT2D eigenvalue weighted by Crippen LogP contribution is 2.33. The minimum atomic E-state index is -4.73. The second-order valence-corrected chi connectivity index (χ2v) is 23.4. The molecule has 2 unspecified atom stereocenters. The zero-order valence-electron chi connectivity index (χ0n) is 52.1. The second-order valence-electron chi connectivity index (χ2n) is 20.5. The van der Waals surface area contributed by atoms with Crippen LogP contribution in [0.3, 0.4) is 0 Å². The van der Waals surface area contributed by atoms with E-state index in [2.05, 4.69) is 31.9 Å². The number of hydrogen-bond acceptors (Lipinski definition) is 16. The fourth-order valence-corrected chi connectivity index (χ4v) is 11.3. The molecule has 24 nitrogen and oxygen atoms in total. The van der Waals surface area contributed by atoms with Crippen LogP contribution in [0.25, 0.3) is 11.4 Å². The molecule has 2 aromatic heterocycles. The molecule has 6 aromatic rings. The van der Waals surface area contributed by atoms with Crippen molar-refractivity contribution in [1.29, 1.82) is 10.5 Å². The van der Waals surface area contributed by atoms with Gasteiger partial charge in [-0.3, -0.25) is 28.3 Å². The molecule has 4 aromatic carbocycles. The van der Waals surface area contributed by atoms with Crippen LogP contribution >= 0.6 is 0 Å². The van der Waals surface area contributed by atoms with Gasteiger partial charge in [0.1, 0.15) is 11.1 Å². The first kappa shape index (κ1) is 75.9. The van der Waals surface area contributed by atoms with Crippen molar-refractivity contribution in [3.63, 3.8) is 0 Å². The molecule has 0 aliphatic rings. The van der Waals surface area contributed by atoms with Crippen LogP contribution in [0.1, 0.15) is 67.2 Å². The summed E-state index contributed by atoms with van der Waals surface area (Å²) < 4.78 is 144. The van der Waals surface area contributed by atoms with E-state index in [4.69, 9.17) is 28.4 Å². The van der Waals surface area contributed by atoms with E-state index in [1.165, 1.54) is 74.5 Å². The predicted molar refractivity (Wildman–Crippen MR) is 337 cm³/mol. The molecule has 6 rings (SSSR count). The molecule has 0 fully saturated rings. The van der Waals surface area contributed by atoms with Crippen molar-refractivity contribution in [1.82, 2.24) is 41.0 Å². The number of nitriles is 2. The van der Waals surface area contributed by atoms with Crippen LogP contribution in [-0.4, -0.2) is 160 Å². The van der Waals surface area contributed by atoms with E-state index in [9.17, 15) is 74.1 Å². The highest BCUT2D eigenvalue weighted by molar-refractivity contribution is 7.85. The second kappa shape index (κ2) is 38.4. The highest BCUT2D eigenvalue weighted by Gasteiger charge is 2.33. The molecule has 0 aliphatic heterocycles. The van der Waals surface area contributed by atoms with Crippen molar-refractivity contribution in [2.75, 3.05) is 119 Å². The maximum absolute atomic E-state index is 13.8. The van der Waals surface area contributed by atoms with Gasteiger partial charge in [-0.15, -0.1) is 0 Å². The van der Waals surface area contributed by atoms with Crippen LogP contribution in [0.2, 0.25) is 0 Å². The van der Waals surface area contributed by atoms with E-state index in [1.54, 1.807) is 0 Å². The van der Waals surface area contributed by atoms with Gasteiger partial charge in [0.2, 0.25) is 0 Å². The summed E-state index contributed by atoms with van der Waals surface area (Å²) in [6.07, 6.45) is -8.29. The van der Waals surface area contributed by atoms with E-state index in [0.29, 0.717) is 37.1 Å². The summed E-state index contributed by atoms with van der Waals surface area (Å²) in [5.41, 5.74) is -4.60. The zero-order valence-corrected chi connectivity index (χ0v) is 53.8. The Balaban J connectivity index is 0.738. The van der Waals surface area contributed by atoms with Gasteiger partial charge in [0.15, 0.2) is 0 Å². The Morgan fingerprint density at radius 2 is 0.740 bits per heavy atom. The molecule has 514 valence electrons. The molecule has 2 atom stereocenters. The third kappa shape index (κ3) is 23.4. The number of aromatic nitrogens is 2. The lowest BCUT2D eigenvalue weighted by molar-refractivity contribution is -0.138. The molecule has 0 saturated heterocycles. The molecular formula is C64H70F6N10O14S2. The molecule has 0 aliphatic carbocycles. The molecule has 96 heavy (non-hydrogen) atoms. The van der Waals surface area contributed by atoms with Crippen molar-refractivity contribution >= 4 is 45.5 Å². The quantitative estimate of drug-likeness (QED) is 0.0183. The van der Waals surface area contributed by atoms with Gasteiger partial charge in [-0.05, 0) is 124 Å². The number of ether oxygens (including phenoxy) is 6. The number of halogens is 6. The molecule has 32 heteroatoms. The lowest BCUT2D eigenvalue weighted by Crippen LogP contribution is -2.39. The normalized spacial score (nSPS) is 12.0. The summed E-state index contributed by atoms with van der Waals surface area (Å²) in [4.78, 5) is 78.9. The Morgan fingerprint density at radius 1 is 0.438 bits per heavy atom. The highest BCUT2D eigenvalue weighted by atomic mass is 32.2. The van der Waals surface area contributed by atoms with Crippen LogP contribution in [0, 0.1) is 36.5 Å². The van der Waals surface area contributed by atoms with Crippen molar-refractivity contribution < 1.29 is 82.4 Å². The van der Waals surface area contributed by atoms with Gasteiger partial charge >= 0.3 is 24.4 Å². The van der Waals surface area contributed by atoms with E-state index < -0.39 is 91.2 Å². The van der Waals surface area contributed by atoms with Crippen LogP contribution in [0.15, 0.2) is 138 Å². The average molecular weight is 1380 g/mol. The molecular weight excluding hydrogens is 1310 g/mol. The van der Waals surface area contributed by atoms with Gasteiger partial charge in [0.05, 0.1) is 145 Å². The van der Waals surface area contributed by atoms with Crippen LogP contribution < -0.4 is 43.0 Å². The van der Waals surface area contributed by atoms with Crippen LogP contribution in [0.5, 0.6) is 0 Å². The molecule has 6 N–H and O–H groups in total. The number of carbonyl (C=O) groups excluding carboxylic acids is 4. The third-order valence-electron chi connectivity index (χ3n) is 13.7. The smallest absolute Gasteiger partial charge is 0.377 e. The lowest BCUT2D eigenvalue weighted by atomic mass is 10.1. The SMILES string of the molecule is Cc1c(S(=O)c2ccc(C#N)cc2)cc(C(=O)NCCOCCOCCOCCNC(=O)NCCCCNC(=O)NCCOCCOCCOCCNC(=O)c2cc(S(=O)c3ccc(C#N)cc3)c(C)n(-c3cccc(C(F)(F)F)c3)c2=O)c(=O)n1-c1cccc(C(F)(F)F)c1. The number of unbranched alkanes of at least 4 members (excludes halogenated alkanes) is 1. The Labute approximate surface area is 552 Å². The van der Waals surface area contributed by atoms with Crippen molar-refractivity contribution in [2.24, 2.45) is 0 Å². The van der Waals surface area contributed by atoms with Gasteiger partial charge in [0, 0.05) is 71.8 Å². The van der Waals surface area contributed by atoms with Crippen molar-refractivity contribution in [3.8, 4) is 23.5 Å². The Kier molecular flexibility index (Phi) is 30.4. The van der Waals surface area contributed by atoms with E-state index in [1.807, 2.05) is 12.1 Å². The minimum absolute atomic E-state index is 0.00468. The number of nitrogens with zero attached hydrogens (tertiary/aromatic N) is 4. The molecule has 0 radical (unpaired) electrons. The van der Waals surface area contributed by atoms with E-state index in [0.717, 1.165) is 57.7 Å². The number of nitrogens with one attached hydrogen (secondary N) is 6. The number of rotatable bonds is 37. The summed E-state index contributed by atoms with van der Waals surface area (Å²) in [5.74, 6) is -1.75. The number of benzene rings is 4. The Bertz CT molecular complexity index is 3630. The number of carbonyl (C=O) groups is 4. The van der Waals surface area contributed by atoms with Gasteiger partial charge in [-0.2, -0.15) is 36.9 Å². The van der Waals surface area contributed by atoms with E-state index in [-0.39, 0.29) is 148 Å². The van der Waals surface area contributed by atoms with Gasteiger partial charge in [-0.1, -0.05) is 12.1 Å². The molecule has 0 bridgehead atoms. The van der Waals surface area contributed by atoms with Gasteiger partial charge < -0.3 is 60.3 Å². The Hall–Kier alpha value is -9.12. The standard InChI is InChI=1S/C64H70F6N10O14S2/c1-43-55(95(87)51-15-11-45(41-71)12-16-51)39-53(59(83)79(43)49-9-5-7-47(37-49)63(65,66)67)57(81)73-21-25-89-29-33-93-35-31-91-27-23-77-61(85)75-19-3-4-20-76-62(86)78-24-28-92-32-36-94-34-30-90-26-22-74-58(82)54-40-56(96(88)52-17-13-46(42-72)14-18-52)44(2)80(60(54)84)50-10-6-8-48(38-50)64(68,69)70/h5-18,37-40H,3-4,19-36H2,1-2H3,(H,73,81)(H,74,82)(H2,75,77,85)(H2,76,78,86). The number of urea groups is 2. The number of alkyl halides is 6. The topological polar surface area (TPSA) is 322 Å². The monoisotopic (exact) mass is 1380 g/mol.